The molecule has 0 unspecified atom stereocenters. The third-order valence-corrected chi connectivity index (χ3v) is 6.85. The van der Waals surface area contributed by atoms with E-state index < -0.39 is 21.8 Å². The van der Waals surface area contributed by atoms with Crippen LogP contribution in [0.15, 0.2) is 89.8 Å². The number of rotatable bonds is 5. The molecule has 1 heterocycles. The Morgan fingerprint density at radius 1 is 0.900 bits per heavy atom. The summed E-state index contributed by atoms with van der Waals surface area (Å²) in [6.07, 6.45) is 0.136. The van der Waals surface area contributed by atoms with Gasteiger partial charge in [-0.25, -0.2) is 12.7 Å². The van der Waals surface area contributed by atoms with E-state index in [0.29, 0.717) is 5.69 Å². The summed E-state index contributed by atoms with van der Waals surface area (Å²) in [6, 6.07) is 24.0. The zero-order valence-electron chi connectivity index (χ0n) is 16.1. The van der Waals surface area contributed by atoms with E-state index in [1.54, 1.807) is 24.3 Å². The minimum Gasteiger partial charge on any atom is -0.322 e. The molecule has 152 valence electrons. The quantitative estimate of drug-likeness (QED) is 0.683. The van der Waals surface area contributed by atoms with Crippen molar-refractivity contribution in [3.63, 3.8) is 0 Å². The monoisotopic (exact) mass is 420 g/mol. The predicted molar refractivity (Wildman–Crippen MR) is 114 cm³/mol. The standard InChI is InChI=1S/C23H20N2O4S/c26-22-15-19(17-8-3-1-4-9-17)16-25(22)30(28,29)21-13-7-10-18(14-21)23(27)24-20-11-5-2-6-12-20/h1-14,19H,15-16H2,(H,24,27)/t19-/m1/s1. The number of carbonyl (C=O) groups is 2. The number of hydrogen-bond acceptors (Lipinski definition) is 4. The highest BCUT2D eigenvalue weighted by Gasteiger charge is 2.39. The third kappa shape index (κ3) is 3.97. The summed E-state index contributed by atoms with van der Waals surface area (Å²) in [4.78, 5) is 25.0. The van der Waals surface area contributed by atoms with Gasteiger partial charge in [-0.05, 0) is 35.9 Å². The lowest BCUT2D eigenvalue weighted by molar-refractivity contribution is -0.123. The summed E-state index contributed by atoms with van der Waals surface area (Å²) in [5.74, 6) is -1.05. The zero-order valence-corrected chi connectivity index (χ0v) is 16.9. The minimum absolute atomic E-state index is 0.0785. The van der Waals surface area contributed by atoms with Crippen LogP contribution in [0, 0.1) is 0 Å². The van der Waals surface area contributed by atoms with Gasteiger partial charge >= 0.3 is 0 Å². The summed E-state index contributed by atoms with van der Waals surface area (Å²) < 4.78 is 27.2. The third-order valence-electron chi connectivity index (χ3n) is 5.07. The van der Waals surface area contributed by atoms with E-state index in [2.05, 4.69) is 5.32 Å². The van der Waals surface area contributed by atoms with Crippen molar-refractivity contribution in [1.29, 1.82) is 0 Å². The Hall–Kier alpha value is -3.45. The van der Waals surface area contributed by atoms with Gasteiger partial charge in [-0.1, -0.05) is 54.6 Å². The predicted octanol–water partition coefficient (Wildman–Crippen LogP) is 3.64. The molecular weight excluding hydrogens is 400 g/mol. The van der Waals surface area contributed by atoms with E-state index in [0.717, 1.165) is 9.87 Å². The number of hydrogen-bond donors (Lipinski definition) is 1. The number of carbonyl (C=O) groups excluding carboxylic acids is 2. The fourth-order valence-corrected chi connectivity index (χ4v) is 5.01. The Kier molecular flexibility index (Phi) is 5.37. The summed E-state index contributed by atoms with van der Waals surface area (Å²) in [5, 5.41) is 2.73. The lowest BCUT2D eigenvalue weighted by atomic mass is 9.99. The number of anilines is 1. The van der Waals surface area contributed by atoms with E-state index in [1.165, 1.54) is 24.3 Å². The second-order valence-electron chi connectivity index (χ2n) is 7.09. The van der Waals surface area contributed by atoms with Gasteiger partial charge < -0.3 is 5.32 Å². The highest BCUT2D eigenvalue weighted by atomic mass is 32.2. The summed E-state index contributed by atoms with van der Waals surface area (Å²) >= 11 is 0. The summed E-state index contributed by atoms with van der Waals surface area (Å²) in [7, 11) is -4.05. The molecule has 7 heteroatoms. The van der Waals surface area contributed by atoms with Crippen LogP contribution in [-0.4, -0.2) is 31.1 Å². The second-order valence-corrected chi connectivity index (χ2v) is 8.95. The van der Waals surface area contributed by atoms with Gasteiger partial charge in [-0.2, -0.15) is 0 Å². The van der Waals surface area contributed by atoms with E-state index in [9.17, 15) is 18.0 Å². The van der Waals surface area contributed by atoms with Gasteiger partial charge in [0.2, 0.25) is 5.91 Å². The first-order valence-electron chi connectivity index (χ1n) is 9.52. The number of nitrogens with one attached hydrogen (secondary N) is 1. The molecule has 0 bridgehead atoms. The molecule has 1 atom stereocenters. The van der Waals surface area contributed by atoms with Gasteiger partial charge in [0.1, 0.15) is 0 Å². The second kappa shape index (κ2) is 8.12. The lowest BCUT2D eigenvalue weighted by Crippen LogP contribution is -2.32. The van der Waals surface area contributed by atoms with Crippen LogP contribution in [0.1, 0.15) is 28.3 Å². The smallest absolute Gasteiger partial charge is 0.266 e. The lowest BCUT2D eigenvalue weighted by Gasteiger charge is -2.18. The SMILES string of the molecule is O=C(Nc1ccccc1)c1cccc(S(=O)(=O)N2C[C@H](c3ccccc3)CC2=O)c1. The zero-order chi connectivity index (χ0) is 21.1. The molecule has 0 aromatic heterocycles. The highest BCUT2D eigenvalue weighted by Crippen LogP contribution is 2.32. The maximum atomic E-state index is 13.1. The molecule has 0 saturated carbocycles. The number of sulfonamides is 1. The Labute approximate surface area is 175 Å². The Balaban J connectivity index is 1.57. The Morgan fingerprint density at radius 2 is 1.57 bits per heavy atom. The average Bonchev–Trinajstić information content (AvgIpc) is 3.18. The summed E-state index contributed by atoms with van der Waals surface area (Å²) in [6.45, 7) is 0.0889. The van der Waals surface area contributed by atoms with Crippen LogP contribution in [-0.2, 0) is 14.8 Å². The largest absolute Gasteiger partial charge is 0.322 e. The maximum Gasteiger partial charge on any atom is 0.266 e. The molecule has 3 aromatic rings. The van der Waals surface area contributed by atoms with Gasteiger partial charge in [0, 0.05) is 30.1 Å². The van der Waals surface area contributed by atoms with E-state index in [-0.39, 0.29) is 29.3 Å². The molecule has 0 radical (unpaired) electrons. The molecule has 6 nitrogen and oxygen atoms in total. The first kappa shape index (κ1) is 19.8. The molecule has 30 heavy (non-hydrogen) atoms. The molecule has 1 aliphatic heterocycles. The van der Waals surface area contributed by atoms with Crippen molar-refractivity contribution >= 4 is 27.5 Å². The normalized spacial score (nSPS) is 16.5. The van der Waals surface area contributed by atoms with Crippen molar-refractivity contribution in [3.8, 4) is 0 Å². The number of para-hydroxylation sites is 1. The van der Waals surface area contributed by atoms with Crippen LogP contribution in [0.3, 0.4) is 0 Å². The van der Waals surface area contributed by atoms with Gasteiger partial charge in [-0.15, -0.1) is 0 Å². The first-order valence-corrected chi connectivity index (χ1v) is 11.0. The van der Waals surface area contributed by atoms with Gasteiger partial charge in [0.15, 0.2) is 0 Å². The van der Waals surface area contributed by atoms with Crippen LogP contribution in [0.2, 0.25) is 0 Å². The molecule has 1 saturated heterocycles. The fraction of sp³-hybridized carbons (Fsp3) is 0.130. The van der Waals surface area contributed by atoms with Crippen molar-refractivity contribution < 1.29 is 18.0 Å². The molecule has 3 aromatic carbocycles. The fourth-order valence-electron chi connectivity index (χ4n) is 3.51. The van der Waals surface area contributed by atoms with Crippen LogP contribution < -0.4 is 5.32 Å². The number of nitrogens with zero attached hydrogens (tertiary/aromatic N) is 1. The molecule has 2 amide bonds. The average molecular weight is 420 g/mol. The van der Waals surface area contributed by atoms with Crippen LogP contribution in [0.5, 0.6) is 0 Å². The van der Waals surface area contributed by atoms with Crippen molar-refractivity contribution in [1.82, 2.24) is 4.31 Å². The van der Waals surface area contributed by atoms with E-state index in [4.69, 9.17) is 0 Å². The minimum atomic E-state index is -4.05. The van der Waals surface area contributed by atoms with Gasteiger partial charge in [0.25, 0.3) is 15.9 Å². The molecule has 0 aliphatic carbocycles. The van der Waals surface area contributed by atoms with Crippen molar-refractivity contribution in [3.05, 3.63) is 96.1 Å². The van der Waals surface area contributed by atoms with Crippen molar-refractivity contribution in [2.75, 3.05) is 11.9 Å². The molecular formula is C23H20N2O4S. The van der Waals surface area contributed by atoms with Gasteiger partial charge in [-0.3, -0.25) is 9.59 Å². The molecule has 0 spiro atoms. The summed E-state index contributed by atoms with van der Waals surface area (Å²) in [5.41, 5.74) is 1.74. The maximum absolute atomic E-state index is 13.1. The number of benzene rings is 3. The van der Waals surface area contributed by atoms with E-state index >= 15 is 0 Å². The van der Waals surface area contributed by atoms with Crippen LogP contribution in [0.4, 0.5) is 5.69 Å². The Morgan fingerprint density at radius 3 is 2.27 bits per heavy atom. The Bertz CT molecular complexity index is 1180. The van der Waals surface area contributed by atoms with Crippen LogP contribution in [0.25, 0.3) is 0 Å². The van der Waals surface area contributed by atoms with Crippen LogP contribution >= 0.6 is 0 Å². The number of amides is 2. The topological polar surface area (TPSA) is 83.6 Å². The van der Waals surface area contributed by atoms with E-state index in [1.807, 2.05) is 36.4 Å². The molecule has 1 N–H and O–H groups in total. The van der Waals surface area contributed by atoms with Crippen molar-refractivity contribution in [2.45, 2.75) is 17.2 Å². The van der Waals surface area contributed by atoms with Gasteiger partial charge in [0.05, 0.1) is 4.90 Å². The molecule has 1 aliphatic rings. The van der Waals surface area contributed by atoms with Crippen molar-refractivity contribution in [2.24, 2.45) is 0 Å². The first-order chi connectivity index (χ1) is 14.4. The highest BCUT2D eigenvalue weighted by molar-refractivity contribution is 7.89. The molecule has 1 fully saturated rings. The molecule has 4 rings (SSSR count).